The first-order chi connectivity index (χ1) is 8.01. The van der Waals surface area contributed by atoms with E-state index in [1.165, 1.54) is 0 Å². The van der Waals surface area contributed by atoms with Crippen molar-refractivity contribution < 1.29 is 9.53 Å². The predicted molar refractivity (Wildman–Crippen MR) is 65.6 cm³/mol. The van der Waals surface area contributed by atoms with E-state index < -0.39 is 11.4 Å². The number of carbonyl (C=O) groups is 1. The Morgan fingerprint density at radius 2 is 2.18 bits per heavy atom. The maximum absolute atomic E-state index is 11.2. The highest BCUT2D eigenvalue weighted by molar-refractivity contribution is 5.84. The fourth-order valence-electron chi connectivity index (χ4n) is 2.22. The van der Waals surface area contributed by atoms with E-state index in [1.807, 2.05) is 31.2 Å². The number of rotatable bonds is 3. The van der Waals surface area contributed by atoms with E-state index in [0.29, 0.717) is 12.8 Å². The number of amides is 1. The lowest BCUT2D eigenvalue weighted by molar-refractivity contribution is -0.123. The molecule has 1 aliphatic rings. The molecular formula is C13H18N2O2. The first-order valence-corrected chi connectivity index (χ1v) is 5.82. The van der Waals surface area contributed by atoms with Crippen LogP contribution in [0.15, 0.2) is 24.3 Å². The molecule has 4 heteroatoms. The minimum atomic E-state index is -0.895. The van der Waals surface area contributed by atoms with Crippen LogP contribution in [0.2, 0.25) is 0 Å². The molecule has 1 fully saturated rings. The quantitative estimate of drug-likeness (QED) is 0.822. The zero-order valence-corrected chi connectivity index (χ0v) is 9.98. The van der Waals surface area contributed by atoms with Gasteiger partial charge in [-0.15, -0.1) is 0 Å². The van der Waals surface area contributed by atoms with Crippen molar-refractivity contribution in [3.05, 3.63) is 29.8 Å². The van der Waals surface area contributed by atoms with Gasteiger partial charge in [0.15, 0.2) is 0 Å². The van der Waals surface area contributed by atoms with Crippen LogP contribution in [0.25, 0.3) is 0 Å². The van der Waals surface area contributed by atoms with Crippen molar-refractivity contribution in [2.45, 2.75) is 37.8 Å². The van der Waals surface area contributed by atoms with E-state index in [-0.39, 0.29) is 6.10 Å². The zero-order valence-electron chi connectivity index (χ0n) is 9.98. The van der Waals surface area contributed by atoms with Gasteiger partial charge in [0, 0.05) is 6.42 Å². The number of hydrogen-bond acceptors (Lipinski definition) is 3. The molecule has 2 unspecified atom stereocenters. The molecule has 1 saturated carbocycles. The summed E-state index contributed by atoms with van der Waals surface area (Å²) >= 11 is 0. The highest BCUT2D eigenvalue weighted by Gasteiger charge is 2.41. The summed E-state index contributed by atoms with van der Waals surface area (Å²) in [4.78, 5) is 11.2. The Bertz CT molecular complexity index is 433. The summed E-state index contributed by atoms with van der Waals surface area (Å²) in [7, 11) is 0. The van der Waals surface area contributed by atoms with Gasteiger partial charge in [-0.25, -0.2) is 0 Å². The van der Waals surface area contributed by atoms with Crippen LogP contribution in [0, 0.1) is 6.92 Å². The molecular weight excluding hydrogens is 216 g/mol. The number of primary amides is 1. The normalized spacial score (nSPS) is 28.0. The van der Waals surface area contributed by atoms with E-state index in [1.54, 1.807) is 0 Å². The molecule has 17 heavy (non-hydrogen) atoms. The van der Waals surface area contributed by atoms with Crippen LogP contribution in [0.5, 0.6) is 5.75 Å². The largest absolute Gasteiger partial charge is 0.490 e. The molecule has 0 bridgehead atoms. The van der Waals surface area contributed by atoms with Gasteiger partial charge in [-0.2, -0.15) is 0 Å². The summed E-state index contributed by atoms with van der Waals surface area (Å²) in [6, 6.07) is 7.82. The molecule has 0 saturated heterocycles. The minimum Gasteiger partial charge on any atom is -0.490 e. The third kappa shape index (κ3) is 2.42. The average molecular weight is 234 g/mol. The SMILES string of the molecule is Cc1ccccc1OC1CCC(N)(C(N)=O)C1. The summed E-state index contributed by atoms with van der Waals surface area (Å²) in [5.74, 6) is 0.416. The Morgan fingerprint density at radius 3 is 2.76 bits per heavy atom. The highest BCUT2D eigenvalue weighted by atomic mass is 16.5. The average Bonchev–Trinajstić information content (AvgIpc) is 2.65. The van der Waals surface area contributed by atoms with Crippen molar-refractivity contribution in [3.8, 4) is 5.75 Å². The van der Waals surface area contributed by atoms with Crippen LogP contribution in [0.3, 0.4) is 0 Å². The van der Waals surface area contributed by atoms with E-state index in [9.17, 15) is 4.79 Å². The molecule has 4 N–H and O–H groups in total. The standard InChI is InChI=1S/C13H18N2O2/c1-9-4-2-3-5-11(9)17-10-6-7-13(15,8-10)12(14)16/h2-5,10H,6-8,15H2,1H3,(H2,14,16). The smallest absolute Gasteiger partial charge is 0.237 e. The molecule has 0 aliphatic heterocycles. The lowest BCUT2D eigenvalue weighted by Gasteiger charge is -2.20. The van der Waals surface area contributed by atoms with Gasteiger partial charge in [0.25, 0.3) is 0 Å². The lowest BCUT2D eigenvalue weighted by Crippen LogP contribution is -2.50. The minimum absolute atomic E-state index is 0.0198. The zero-order chi connectivity index (χ0) is 12.5. The number of nitrogens with two attached hydrogens (primary N) is 2. The summed E-state index contributed by atoms with van der Waals surface area (Å²) in [6.07, 6.45) is 1.84. The molecule has 0 aromatic heterocycles. The number of aryl methyl sites for hydroxylation is 1. The molecule has 0 heterocycles. The Hall–Kier alpha value is -1.55. The van der Waals surface area contributed by atoms with E-state index in [4.69, 9.17) is 16.2 Å². The molecule has 1 aromatic rings. The molecule has 2 rings (SSSR count). The lowest BCUT2D eigenvalue weighted by atomic mass is 9.99. The third-order valence-corrected chi connectivity index (χ3v) is 3.38. The van der Waals surface area contributed by atoms with Crippen molar-refractivity contribution >= 4 is 5.91 Å². The van der Waals surface area contributed by atoms with E-state index >= 15 is 0 Å². The first-order valence-electron chi connectivity index (χ1n) is 5.82. The fraction of sp³-hybridized carbons (Fsp3) is 0.462. The number of hydrogen-bond donors (Lipinski definition) is 2. The van der Waals surface area contributed by atoms with Crippen LogP contribution in [-0.2, 0) is 4.79 Å². The van der Waals surface area contributed by atoms with E-state index in [0.717, 1.165) is 17.7 Å². The van der Waals surface area contributed by atoms with Crippen molar-refractivity contribution in [1.82, 2.24) is 0 Å². The molecule has 92 valence electrons. The van der Waals surface area contributed by atoms with Gasteiger partial charge in [0.1, 0.15) is 11.9 Å². The van der Waals surface area contributed by atoms with Gasteiger partial charge in [0.05, 0.1) is 5.54 Å². The maximum atomic E-state index is 11.2. The number of benzene rings is 1. The Morgan fingerprint density at radius 1 is 1.47 bits per heavy atom. The topological polar surface area (TPSA) is 78.3 Å². The molecule has 0 radical (unpaired) electrons. The summed E-state index contributed by atoms with van der Waals surface area (Å²) in [5, 5.41) is 0. The Balaban J connectivity index is 2.04. The highest BCUT2D eigenvalue weighted by Crippen LogP contribution is 2.31. The van der Waals surface area contributed by atoms with Crippen LogP contribution in [-0.4, -0.2) is 17.6 Å². The van der Waals surface area contributed by atoms with Crippen LogP contribution < -0.4 is 16.2 Å². The summed E-state index contributed by atoms with van der Waals surface area (Å²) in [5.41, 5.74) is 11.4. The van der Waals surface area contributed by atoms with Crippen LogP contribution in [0.4, 0.5) is 0 Å². The summed E-state index contributed by atoms with van der Waals surface area (Å²) in [6.45, 7) is 1.99. The van der Waals surface area contributed by atoms with E-state index in [2.05, 4.69) is 0 Å². The third-order valence-electron chi connectivity index (χ3n) is 3.38. The van der Waals surface area contributed by atoms with Crippen molar-refractivity contribution in [2.75, 3.05) is 0 Å². The first kappa shape index (κ1) is 11.9. The predicted octanol–water partition coefficient (Wildman–Crippen LogP) is 1.11. The second-order valence-corrected chi connectivity index (χ2v) is 4.77. The van der Waals surface area contributed by atoms with Crippen molar-refractivity contribution in [3.63, 3.8) is 0 Å². The van der Waals surface area contributed by atoms with Gasteiger partial charge in [-0.1, -0.05) is 18.2 Å². The molecule has 4 nitrogen and oxygen atoms in total. The van der Waals surface area contributed by atoms with Crippen molar-refractivity contribution in [1.29, 1.82) is 0 Å². The Kier molecular flexibility index (Phi) is 3.07. The molecule has 1 amide bonds. The summed E-state index contributed by atoms with van der Waals surface area (Å²) < 4.78 is 5.86. The number of ether oxygens (including phenoxy) is 1. The van der Waals surface area contributed by atoms with Gasteiger partial charge in [0.2, 0.25) is 5.91 Å². The number of para-hydroxylation sites is 1. The second kappa shape index (κ2) is 4.37. The maximum Gasteiger partial charge on any atom is 0.237 e. The van der Waals surface area contributed by atoms with Gasteiger partial charge in [-0.3, -0.25) is 4.79 Å². The van der Waals surface area contributed by atoms with Crippen LogP contribution >= 0.6 is 0 Å². The molecule has 1 aliphatic carbocycles. The second-order valence-electron chi connectivity index (χ2n) is 4.77. The Labute approximate surface area is 101 Å². The number of carbonyl (C=O) groups excluding carboxylic acids is 1. The van der Waals surface area contributed by atoms with Gasteiger partial charge < -0.3 is 16.2 Å². The monoisotopic (exact) mass is 234 g/mol. The van der Waals surface area contributed by atoms with Crippen molar-refractivity contribution in [2.24, 2.45) is 11.5 Å². The fourth-order valence-corrected chi connectivity index (χ4v) is 2.22. The van der Waals surface area contributed by atoms with Crippen LogP contribution in [0.1, 0.15) is 24.8 Å². The molecule has 1 aromatic carbocycles. The molecule has 0 spiro atoms. The molecule has 2 atom stereocenters. The van der Waals surface area contributed by atoms with Gasteiger partial charge >= 0.3 is 0 Å². The van der Waals surface area contributed by atoms with Gasteiger partial charge in [-0.05, 0) is 31.4 Å².